The number of aryl methyl sites for hydroxylation is 2. The maximum absolute atomic E-state index is 12.7. The van der Waals surface area contributed by atoms with Gasteiger partial charge < -0.3 is 19.3 Å². The van der Waals surface area contributed by atoms with E-state index >= 15 is 0 Å². The third-order valence-corrected chi connectivity index (χ3v) is 5.73. The molecule has 186 valence electrons. The van der Waals surface area contributed by atoms with E-state index in [2.05, 4.69) is 15.6 Å². The number of aromatic nitrogens is 3. The van der Waals surface area contributed by atoms with Gasteiger partial charge >= 0.3 is 5.97 Å². The summed E-state index contributed by atoms with van der Waals surface area (Å²) in [5.41, 5.74) is 5.02. The molecule has 4 rings (SSSR count). The van der Waals surface area contributed by atoms with Crippen LogP contribution in [0, 0.1) is 20.8 Å². The van der Waals surface area contributed by atoms with Gasteiger partial charge in [0.2, 0.25) is 5.91 Å². The Balaban J connectivity index is 1.36. The largest absolute Gasteiger partial charge is 0.489 e. The predicted octanol–water partition coefficient (Wildman–Crippen LogP) is 4.72. The molecule has 0 aliphatic heterocycles. The monoisotopic (exact) mass is 488 g/mol. The minimum Gasteiger partial charge on any atom is -0.489 e. The van der Waals surface area contributed by atoms with Gasteiger partial charge in [-0.15, -0.1) is 0 Å². The highest BCUT2D eigenvalue weighted by Crippen LogP contribution is 2.20. The number of hydrogen-bond acceptors (Lipinski definition) is 7. The quantitative estimate of drug-likeness (QED) is 0.340. The Labute approximate surface area is 209 Å². The first-order valence-electron chi connectivity index (χ1n) is 11.6. The number of anilines is 1. The molecule has 0 atom stereocenters. The van der Waals surface area contributed by atoms with E-state index in [-0.39, 0.29) is 12.3 Å². The summed E-state index contributed by atoms with van der Waals surface area (Å²) in [7, 11) is 0. The number of esters is 1. The van der Waals surface area contributed by atoms with Crippen LogP contribution in [0.1, 0.15) is 45.6 Å². The lowest BCUT2D eigenvalue weighted by molar-refractivity contribution is -0.115. The number of carbonyl (C=O) groups excluding carboxylic acids is 2. The van der Waals surface area contributed by atoms with Gasteiger partial charge in [0, 0.05) is 5.69 Å². The van der Waals surface area contributed by atoms with E-state index < -0.39 is 5.97 Å². The number of nitrogens with zero attached hydrogens (tertiary/aromatic N) is 3. The fourth-order valence-electron chi connectivity index (χ4n) is 3.75. The molecule has 0 saturated carbocycles. The predicted molar refractivity (Wildman–Crippen MR) is 133 cm³/mol. The highest BCUT2D eigenvalue weighted by atomic mass is 16.5. The van der Waals surface area contributed by atoms with E-state index in [1.807, 2.05) is 50.2 Å². The number of amides is 1. The van der Waals surface area contributed by atoms with Crippen LogP contribution in [0.15, 0.2) is 59.3 Å². The molecule has 1 N–H and O–H groups in total. The molecule has 36 heavy (non-hydrogen) atoms. The number of benzene rings is 2. The third kappa shape index (κ3) is 5.63. The molecule has 0 aliphatic rings. The summed E-state index contributed by atoms with van der Waals surface area (Å²) in [6.45, 7) is 7.95. The average molecular weight is 489 g/mol. The molecular weight excluding hydrogens is 460 g/mol. The van der Waals surface area contributed by atoms with Crippen LogP contribution in [-0.2, 0) is 22.6 Å². The van der Waals surface area contributed by atoms with Crippen molar-refractivity contribution in [2.45, 2.75) is 40.7 Å². The second-order valence-corrected chi connectivity index (χ2v) is 8.29. The fourth-order valence-corrected chi connectivity index (χ4v) is 3.75. The van der Waals surface area contributed by atoms with Gasteiger partial charge in [0.25, 0.3) is 0 Å². The Hall–Kier alpha value is -4.40. The molecule has 0 radical (unpaired) electrons. The Morgan fingerprint density at radius 3 is 2.56 bits per heavy atom. The maximum Gasteiger partial charge on any atom is 0.341 e. The molecule has 0 bridgehead atoms. The van der Waals surface area contributed by atoms with Crippen molar-refractivity contribution in [2.75, 3.05) is 11.9 Å². The molecule has 4 aromatic rings. The first-order valence-corrected chi connectivity index (χ1v) is 11.6. The van der Waals surface area contributed by atoms with Crippen LogP contribution >= 0.6 is 0 Å². The van der Waals surface area contributed by atoms with E-state index in [0.29, 0.717) is 35.9 Å². The van der Waals surface area contributed by atoms with Crippen LogP contribution in [0.25, 0.3) is 5.69 Å². The molecule has 2 aromatic heterocycles. The summed E-state index contributed by atoms with van der Waals surface area (Å²) in [5.74, 6) is 0.877. The van der Waals surface area contributed by atoms with Gasteiger partial charge in [-0.2, -0.15) is 5.10 Å². The second kappa shape index (κ2) is 10.9. The summed E-state index contributed by atoms with van der Waals surface area (Å²) in [6, 6.07) is 14.7. The lowest BCUT2D eigenvalue weighted by atomic mass is 10.1. The van der Waals surface area contributed by atoms with Gasteiger partial charge in [-0.1, -0.05) is 23.4 Å². The van der Waals surface area contributed by atoms with Crippen molar-refractivity contribution in [1.82, 2.24) is 14.9 Å². The number of rotatable bonds is 9. The summed E-state index contributed by atoms with van der Waals surface area (Å²) < 4.78 is 17.7. The highest BCUT2D eigenvalue weighted by molar-refractivity contribution is 5.92. The van der Waals surface area contributed by atoms with Gasteiger partial charge in [-0.05, 0) is 63.6 Å². The Morgan fingerprint density at radius 1 is 1.08 bits per heavy atom. The van der Waals surface area contributed by atoms with E-state index in [4.69, 9.17) is 14.0 Å². The van der Waals surface area contributed by atoms with Gasteiger partial charge in [0.1, 0.15) is 23.7 Å². The van der Waals surface area contributed by atoms with Gasteiger partial charge in [-0.3, -0.25) is 4.79 Å². The van der Waals surface area contributed by atoms with Crippen molar-refractivity contribution in [3.63, 3.8) is 0 Å². The Bertz CT molecular complexity index is 1350. The van der Waals surface area contributed by atoms with E-state index in [1.165, 1.54) is 6.20 Å². The number of nitrogens with one attached hydrogen (secondary N) is 1. The van der Waals surface area contributed by atoms with Crippen LogP contribution in [0.3, 0.4) is 0 Å². The molecular formula is C27H28N4O5. The molecule has 9 heteroatoms. The number of carbonyl (C=O) groups is 2. The van der Waals surface area contributed by atoms with E-state index in [0.717, 1.165) is 28.3 Å². The van der Waals surface area contributed by atoms with E-state index in [9.17, 15) is 9.59 Å². The molecule has 9 nitrogen and oxygen atoms in total. The maximum atomic E-state index is 12.7. The lowest BCUT2D eigenvalue weighted by Crippen LogP contribution is -2.14. The van der Waals surface area contributed by atoms with Crippen molar-refractivity contribution in [2.24, 2.45) is 0 Å². The first kappa shape index (κ1) is 24.7. The SMILES string of the molecule is CCOC(=O)c1cnn(-c2cccc(NC(=O)Cc3ccc(OCc4c(C)noc4C)cc3)c2)c1C. The van der Waals surface area contributed by atoms with Crippen molar-refractivity contribution in [3.8, 4) is 11.4 Å². The van der Waals surface area contributed by atoms with Gasteiger partial charge in [0.05, 0.1) is 41.9 Å². The minimum atomic E-state index is -0.411. The van der Waals surface area contributed by atoms with Crippen molar-refractivity contribution in [1.29, 1.82) is 0 Å². The van der Waals surface area contributed by atoms with Crippen LogP contribution in [0.5, 0.6) is 5.75 Å². The highest BCUT2D eigenvalue weighted by Gasteiger charge is 2.16. The summed E-state index contributed by atoms with van der Waals surface area (Å²) in [5, 5.41) is 11.2. The average Bonchev–Trinajstić information content (AvgIpc) is 3.40. The van der Waals surface area contributed by atoms with E-state index in [1.54, 1.807) is 30.7 Å². The zero-order chi connectivity index (χ0) is 25.7. The van der Waals surface area contributed by atoms with Crippen molar-refractivity contribution >= 4 is 17.6 Å². The third-order valence-electron chi connectivity index (χ3n) is 5.73. The molecule has 0 unspecified atom stereocenters. The minimum absolute atomic E-state index is 0.152. The lowest BCUT2D eigenvalue weighted by Gasteiger charge is -2.10. The summed E-state index contributed by atoms with van der Waals surface area (Å²) in [4.78, 5) is 24.7. The van der Waals surface area contributed by atoms with Crippen molar-refractivity contribution in [3.05, 3.63) is 88.6 Å². The standard InChI is InChI=1S/C27H28N4O5/c1-5-34-27(33)24-15-28-31(18(24)3)22-8-6-7-21(14-22)29-26(32)13-20-9-11-23(12-10-20)35-16-25-17(2)30-36-19(25)4/h6-12,14-15H,5,13,16H2,1-4H3,(H,29,32). The Kier molecular flexibility index (Phi) is 7.48. The molecule has 0 fully saturated rings. The first-order chi connectivity index (χ1) is 17.4. The normalized spacial score (nSPS) is 10.8. The van der Waals surface area contributed by atoms with Crippen LogP contribution in [0.2, 0.25) is 0 Å². The van der Waals surface area contributed by atoms with Crippen LogP contribution in [-0.4, -0.2) is 33.4 Å². The molecule has 1 amide bonds. The fraction of sp³-hybridized carbons (Fsp3) is 0.259. The molecule has 2 aromatic carbocycles. The molecule has 0 saturated heterocycles. The molecule has 0 aliphatic carbocycles. The second-order valence-electron chi connectivity index (χ2n) is 8.29. The number of ether oxygens (including phenoxy) is 2. The van der Waals surface area contributed by atoms with Crippen LogP contribution < -0.4 is 10.1 Å². The Morgan fingerprint density at radius 2 is 1.86 bits per heavy atom. The van der Waals surface area contributed by atoms with Gasteiger partial charge in [-0.25, -0.2) is 9.48 Å². The zero-order valence-corrected chi connectivity index (χ0v) is 20.7. The smallest absolute Gasteiger partial charge is 0.341 e. The topological polar surface area (TPSA) is 108 Å². The van der Waals surface area contributed by atoms with Gasteiger partial charge in [0.15, 0.2) is 0 Å². The van der Waals surface area contributed by atoms with Crippen LogP contribution in [0.4, 0.5) is 5.69 Å². The van der Waals surface area contributed by atoms with Crippen molar-refractivity contribution < 1.29 is 23.6 Å². The zero-order valence-electron chi connectivity index (χ0n) is 20.7. The number of hydrogen-bond donors (Lipinski definition) is 1. The summed E-state index contributed by atoms with van der Waals surface area (Å²) in [6.07, 6.45) is 1.70. The molecule has 2 heterocycles. The summed E-state index contributed by atoms with van der Waals surface area (Å²) >= 11 is 0. The molecule has 0 spiro atoms.